The second kappa shape index (κ2) is 8.42. The third-order valence-electron chi connectivity index (χ3n) is 3.07. The van der Waals surface area contributed by atoms with Gasteiger partial charge in [-0.3, -0.25) is 0 Å². The molecule has 1 rings (SSSR count). The molecule has 0 saturated carbocycles. The molecule has 0 spiro atoms. The molecule has 1 aliphatic rings. The van der Waals surface area contributed by atoms with Gasteiger partial charge in [0, 0.05) is 26.7 Å². The molecule has 1 heterocycles. The molecular weight excluding hydrogens is 284 g/mol. The summed E-state index contributed by atoms with van der Waals surface area (Å²) in [5.41, 5.74) is 0. The fourth-order valence-corrected chi connectivity index (χ4v) is 1.90. The van der Waals surface area contributed by atoms with Crippen LogP contribution < -0.4 is 5.32 Å². The molecule has 1 saturated heterocycles. The number of urea groups is 1. The summed E-state index contributed by atoms with van der Waals surface area (Å²) in [6.45, 7) is 0.676. The van der Waals surface area contributed by atoms with Crippen LogP contribution in [0.3, 0.4) is 0 Å². The topological polar surface area (TPSA) is 114 Å². The number of amides is 2. The van der Waals surface area contributed by atoms with Crippen LogP contribution in [-0.4, -0.2) is 80.6 Å². The van der Waals surface area contributed by atoms with Crippen LogP contribution in [0.25, 0.3) is 0 Å². The summed E-state index contributed by atoms with van der Waals surface area (Å²) in [6.07, 6.45) is 0.130. The van der Waals surface area contributed by atoms with Crippen molar-refractivity contribution in [2.75, 3.05) is 40.6 Å². The van der Waals surface area contributed by atoms with E-state index in [9.17, 15) is 14.4 Å². The van der Waals surface area contributed by atoms with Gasteiger partial charge in [0.2, 0.25) is 0 Å². The maximum absolute atomic E-state index is 12.2. The van der Waals surface area contributed by atoms with Gasteiger partial charge in [0.15, 0.2) is 6.04 Å². The van der Waals surface area contributed by atoms with Crippen LogP contribution in [0.4, 0.5) is 4.79 Å². The van der Waals surface area contributed by atoms with Crippen LogP contribution in [0.5, 0.6) is 0 Å². The van der Waals surface area contributed by atoms with Crippen molar-refractivity contribution in [2.24, 2.45) is 0 Å². The van der Waals surface area contributed by atoms with Crippen molar-refractivity contribution in [3.8, 4) is 0 Å². The molecule has 1 aliphatic heterocycles. The lowest BCUT2D eigenvalue weighted by atomic mass is 10.2. The first-order chi connectivity index (χ1) is 10.0. The van der Waals surface area contributed by atoms with Gasteiger partial charge in [-0.25, -0.2) is 14.4 Å². The quantitative estimate of drug-likeness (QED) is 0.609. The van der Waals surface area contributed by atoms with E-state index in [1.165, 1.54) is 19.1 Å². The number of ether oxygens (including phenoxy) is 3. The van der Waals surface area contributed by atoms with Crippen LogP contribution >= 0.6 is 0 Å². The largest absolute Gasteiger partial charge is 0.480 e. The van der Waals surface area contributed by atoms with Crippen LogP contribution in [-0.2, 0) is 23.8 Å². The highest BCUT2D eigenvalue weighted by atomic mass is 16.5. The van der Waals surface area contributed by atoms with E-state index < -0.39 is 30.1 Å². The Morgan fingerprint density at radius 2 is 2.14 bits per heavy atom. The lowest BCUT2D eigenvalue weighted by Crippen LogP contribution is -2.58. The summed E-state index contributed by atoms with van der Waals surface area (Å²) < 4.78 is 14.6. The number of rotatable bonds is 6. The molecule has 0 aromatic rings. The molecule has 2 unspecified atom stereocenters. The number of nitrogens with one attached hydrogen (secondary N) is 1. The molecule has 0 aliphatic carbocycles. The molecule has 0 aromatic heterocycles. The Labute approximate surface area is 122 Å². The third-order valence-corrected chi connectivity index (χ3v) is 3.07. The lowest BCUT2D eigenvalue weighted by molar-refractivity contribution is -0.151. The summed E-state index contributed by atoms with van der Waals surface area (Å²) >= 11 is 0. The first-order valence-electron chi connectivity index (χ1n) is 6.45. The monoisotopic (exact) mass is 304 g/mol. The van der Waals surface area contributed by atoms with E-state index in [1.807, 2.05) is 0 Å². The van der Waals surface area contributed by atoms with E-state index in [-0.39, 0.29) is 32.8 Å². The number of hydrogen-bond donors (Lipinski definition) is 2. The number of hydrogen-bond acceptors (Lipinski definition) is 6. The number of esters is 1. The summed E-state index contributed by atoms with van der Waals surface area (Å²) in [4.78, 5) is 36.1. The van der Waals surface area contributed by atoms with Crippen LogP contribution in [0.2, 0.25) is 0 Å². The van der Waals surface area contributed by atoms with Gasteiger partial charge in [-0.15, -0.1) is 0 Å². The maximum Gasteiger partial charge on any atom is 0.331 e. The van der Waals surface area contributed by atoms with Crippen molar-refractivity contribution in [2.45, 2.75) is 18.5 Å². The molecule has 0 aromatic carbocycles. The van der Waals surface area contributed by atoms with Crippen molar-refractivity contribution in [1.29, 1.82) is 0 Å². The second-order valence-corrected chi connectivity index (χ2v) is 4.43. The number of methoxy groups -OCH3 is 2. The van der Waals surface area contributed by atoms with E-state index in [0.717, 1.165) is 0 Å². The Morgan fingerprint density at radius 1 is 1.43 bits per heavy atom. The molecule has 2 atom stereocenters. The van der Waals surface area contributed by atoms with Gasteiger partial charge in [0.1, 0.15) is 6.04 Å². The fourth-order valence-electron chi connectivity index (χ4n) is 1.90. The summed E-state index contributed by atoms with van der Waals surface area (Å²) in [5.74, 6) is -1.77. The number of carbonyl (C=O) groups is 3. The molecule has 0 bridgehead atoms. The standard InChI is InChI=1S/C12H20N2O7/c1-19-5-3-8(10(15)16)13-12(18)14-4-6-21-7-9(14)11(17)20-2/h8-9H,3-7H2,1-2H3,(H,13,18)(H,15,16). The normalized spacial score (nSPS) is 19.7. The lowest BCUT2D eigenvalue weighted by Gasteiger charge is -2.34. The molecule has 0 radical (unpaired) electrons. The summed E-state index contributed by atoms with van der Waals surface area (Å²) in [5, 5.41) is 11.4. The Balaban J connectivity index is 2.69. The average molecular weight is 304 g/mol. The van der Waals surface area contributed by atoms with Crippen molar-refractivity contribution in [1.82, 2.24) is 10.2 Å². The third kappa shape index (κ3) is 4.87. The number of morpholine rings is 1. The molecule has 1 fully saturated rings. The highest BCUT2D eigenvalue weighted by Crippen LogP contribution is 2.09. The van der Waals surface area contributed by atoms with Crippen molar-refractivity contribution in [3.05, 3.63) is 0 Å². The van der Waals surface area contributed by atoms with Gasteiger partial charge < -0.3 is 29.5 Å². The molecule has 9 nitrogen and oxygen atoms in total. The van der Waals surface area contributed by atoms with Gasteiger partial charge in [0.25, 0.3) is 0 Å². The zero-order valence-electron chi connectivity index (χ0n) is 12.0. The molecular formula is C12H20N2O7. The molecule has 21 heavy (non-hydrogen) atoms. The number of nitrogens with zero attached hydrogens (tertiary/aromatic N) is 1. The highest BCUT2D eigenvalue weighted by molar-refractivity contribution is 5.86. The minimum Gasteiger partial charge on any atom is -0.480 e. The second-order valence-electron chi connectivity index (χ2n) is 4.43. The van der Waals surface area contributed by atoms with Crippen molar-refractivity contribution < 1.29 is 33.7 Å². The first kappa shape index (κ1) is 17.2. The molecule has 120 valence electrons. The van der Waals surface area contributed by atoms with E-state index >= 15 is 0 Å². The van der Waals surface area contributed by atoms with E-state index in [0.29, 0.717) is 0 Å². The van der Waals surface area contributed by atoms with Gasteiger partial charge in [-0.1, -0.05) is 0 Å². The number of carboxylic acid groups (broad SMARTS) is 1. The van der Waals surface area contributed by atoms with Crippen LogP contribution in [0.1, 0.15) is 6.42 Å². The molecule has 2 N–H and O–H groups in total. The van der Waals surface area contributed by atoms with Gasteiger partial charge in [-0.2, -0.15) is 0 Å². The predicted molar refractivity (Wildman–Crippen MR) is 69.8 cm³/mol. The zero-order chi connectivity index (χ0) is 15.8. The summed E-state index contributed by atoms with van der Waals surface area (Å²) in [7, 11) is 2.65. The number of carbonyl (C=O) groups excluding carboxylic acids is 2. The minimum atomic E-state index is -1.16. The number of carboxylic acids is 1. The predicted octanol–water partition coefficient (Wildman–Crippen LogP) is -0.940. The highest BCUT2D eigenvalue weighted by Gasteiger charge is 2.35. The Morgan fingerprint density at radius 3 is 2.71 bits per heavy atom. The minimum absolute atomic E-state index is 0.0237. The van der Waals surface area contributed by atoms with Gasteiger partial charge in [0.05, 0.1) is 20.3 Å². The van der Waals surface area contributed by atoms with Crippen LogP contribution in [0.15, 0.2) is 0 Å². The average Bonchev–Trinajstić information content (AvgIpc) is 2.50. The zero-order valence-corrected chi connectivity index (χ0v) is 12.0. The SMILES string of the molecule is COCCC(NC(=O)N1CCOCC1C(=O)OC)C(=O)O. The number of aliphatic carboxylic acids is 1. The van der Waals surface area contributed by atoms with Gasteiger partial charge in [-0.05, 0) is 0 Å². The van der Waals surface area contributed by atoms with E-state index in [2.05, 4.69) is 10.1 Å². The first-order valence-corrected chi connectivity index (χ1v) is 6.45. The fraction of sp³-hybridized carbons (Fsp3) is 0.750. The molecule has 2 amide bonds. The summed E-state index contributed by atoms with van der Waals surface area (Å²) in [6, 6.07) is -2.60. The van der Waals surface area contributed by atoms with E-state index in [1.54, 1.807) is 0 Å². The van der Waals surface area contributed by atoms with E-state index in [4.69, 9.17) is 14.6 Å². The van der Waals surface area contributed by atoms with Crippen LogP contribution in [0, 0.1) is 0 Å². The van der Waals surface area contributed by atoms with Gasteiger partial charge >= 0.3 is 18.0 Å². The van der Waals surface area contributed by atoms with Crippen molar-refractivity contribution in [3.63, 3.8) is 0 Å². The van der Waals surface area contributed by atoms with Crippen molar-refractivity contribution >= 4 is 18.0 Å². The maximum atomic E-state index is 12.2. The smallest absolute Gasteiger partial charge is 0.331 e. The Kier molecular flexibility index (Phi) is 6.89. The Bertz CT molecular complexity index is 388. The Hall–Kier alpha value is -1.87. The molecule has 9 heteroatoms.